The Morgan fingerprint density at radius 3 is 2.47 bits per heavy atom. The van der Waals surface area contributed by atoms with Gasteiger partial charge in [0, 0.05) is 18.2 Å². The fraction of sp³-hybridized carbons (Fsp3) is 0.250. The minimum absolute atomic E-state index is 0. The zero-order valence-corrected chi connectivity index (χ0v) is 17.3. The van der Waals surface area contributed by atoms with E-state index in [0.717, 1.165) is 11.1 Å². The Labute approximate surface area is 195 Å². The molecule has 0 unspecified atom stereocenters. The summed E-state index contributed by atoms with van der Waals surface area (Å²) >= 11 is 0. The number of nitrogens with zero attached hydrogens (tertiary/aromatic N) is 1. The van der Waals surface area contributed by atoms with Crippen molar-refractivity contribution in [3.8, 4) is 0 Å². The molecule has 2 heterocycles. The number of nitrogen functional groups attached to an aromatic ring is 1. The van der Waals surface area contributed by atoms with Gasteiger partial charge in [-0.1, -0.05) is 12.1 Å². The van der Waals surface area contributed by atoms with E-state index in [1.807, 2.05) is 0 Å². The molecular weight excluding hydrogens is 413 g/mol. The number of rotatable bonds is 9. The van der Waals surface area contributed by atoms with Crippen LogP contribution in [0, 0.1) is 0 Å². The van der Waals surface area contributed by atoms with Crippen LogP contribution in [-0.4, -0.2) is 49.1 Å². The van der Waals surface area contributed by atoms with Crippen LogP contribution >= 0.6 is 0 Å². The van der Waals surface area contributed by atoms with Crippen molar-refractivity contribution in [2.45, 2.75) is 31.7 Å². The van der Waals surface area contributed by atoms with Crippen molar-refractivity contribution < 1.29 is 44.9 Å². The van der Waals surface area contributed by atoms with Crippen LogP contribution in [-0.2, 0) is 22.4 Å². The van der Waals surface area contributed by atoms with Crippen LogP contribution < -0.4 is 35.5 Å². The van der Waals surface area contributed by atoms with E-state index in [1.165, 1.54) is 0 Å². The summed E-state index contributed by atoms with van der Waals surface area (Å²) in [5, 5.41) is 20.6. The Bertz CT molecular complexity index is 1190. The molecule has 12 heteroatoms. The Morgan fingerprint density at radius 1 is 1.16 bits per heavy atom. The Kier molecular flexibility index (Phi) is 8.23. The predicted octanol–water partition coefficient (Wildman–Crippen LogP) is -2.22. The van der Waals surface area contributed by atoms with Gasteiger partial charge in [0.1, 0.15) is 11.7 Å². The number of nitrogens with two attached hydrogens (primary N) is 1. The number of amides is 1. The van der Waals surface area contributed by atoms with Gasteiger partial charge in [0.25, 0.3) is 11.5 Å². The molecule has 11 nitrogen and oxygen atoms in total. The van der Waals surface area contributed by atoms with Crippen LogP contribution in [0.25, 0.3) is 11.0 Å². The maximum absolute atomic E-state index is 12.3. The molecule has 0 aliphatic carbocycles. The van der Waals surface area contributed by atoms with Gasteiger partial charge in [-0.3, -0.25) is 19.4 Å². The Hall–Kier alpha value is -3.55. The summed E-state index contributed by atoms with van der Waals surface area (Å²) in [4.78, 5) is 55.7. The first-order valence-corrected chi connectivity index (χ1v) is 9.44. The van der Waals surface area contributed by atoms with Crippen LogP contribution in [0.1, 0.15) is 35.8 Å². The molecule has 164 valence electrons. The molecule has 32 heavy (non-hydrogen) atoms. The van der Waals surface area contributed by atoms with Crippen molar-refractivity contribution in [1.82, 2.24) is 20.3 Å². The van der Waals surface area contributed by atoms with Crippen LogP contribution in [0.4, 0.5) is 5.95 Å². The molecule has 1 amide bonds. The van der Waals surface area contributed by atoms with Gasteiger partial charge in [-0.25, -0.2) is 4.79 Å². The Balaban J connectivity index is 0.00000272. The molecule has 3 rings (SSSR count). The first kappa shape index (κ1) is 24.7. The second-order valence-electron chi connectivity index (χ2n) is 6.98. The average Bonchev–Trinajstić information content (AvgIpc) is 3.12. The largest absolute Gasteiger partial charge is 1.00 e. The van der Waals surface area contributed by atoms with E-state index >= 15 is 0 Å². The van der Waals surface area contributed by atoms with Gasteiger partial charge in [-0.15, -0.1) is 0 Å². The normalized spacial score (nSPS) is 11.5. The van der Waals surface area contributed by atoms with Gasteiger partial charge in [0.15, 0.2) is 0 Å². The van der Waals surface area contributed by atoms with E-state index in [-0.39, 0.29) is 50.2 Å². The van der Waals surface area contributed by atoms with E-state index in [0.29, 0.717) is 23.9 Å². The minimum Gasteiger partial charge on any atom is -1.00 e. The number of hydrogen-bond donors (Lipinski definition) is 6. The van der Waals surface area contributed by atoms with E-state index in [1.54, 1.807) is 30.5 Å². The van der Waals surface area contributed by atoms with Crippen LogP contribution in [0.15, 0.2) is 35.3 Å². The molecule has 1 aromatic carbocycles. The summed E-state index contributed by atoms with van der Waals surface area (Å²) in [6.07, 6.45) is 2.27. The van der Waals surface area contributed by atoms with E-state index in [2.05, 4.69) is 20.3 Å². The number of hydrogen-bond acceptors (Lipinski definition) is 6. The molecular formula is C20H22LiN5O6. The average molecular weight is 435 g/mol. The number of H-pyrrole nitrogens is 2. The maximum Gasteiger partial charge on any atom is 1.00 e. The minimum atomic E-state index is -1.30. The van der Waals surface area contributed by atoms with Crippen LogP contribution in [0.2, 0.25) is 0 Å². The predicted molar refractivity (Wildman–Crippen MR) is 112 cm³/mol. The number of aliphatic carboxylic acids is 2. The smallest absolute Gasteiger partial charge is 1.00 e. The second kappa shape index (κ2) is 10.7. The number of anilines is 1. The van der Waals surface area contributed by atoms with Crippen molar-refractivity contribution in [2.24, 2.45) is 0 Å². The van der Waals surface area contributed by atoms with Crippen molar-refractivity contribution in [2.75, 3.05) is 5.73 Å². The number of aromatic amines is 2. The summed E-state index contributed by atoms with van der Waals surface area (Å²) in [6, 6.07) is 5.30. The van der Waals surface area contributed by atoms with Gasteiger partial charge in [0.05, 0.1) is 5.39 Å². The molecule has 0 fully saturated rings. The van der Waals surface area contributed by atoms with Crippen molar-refractivity contribution in [1.29, 1.82) is 0 Å². The van der Waals surface area contributed by atoms with Gasteiger partial charge < -0.3 is 27.7 Å². The number of carboxylic acids is 2. The standard InChI is InChI=1S/C20H21N5O6.Li.H/c21-20-24-16-15(18(29)25-20)12(9-22-16)6-3-10-1-4-11(5-2-10)17(28)23-13(19(30)31)7-8-14(26)27;;/h1-2,4-5,9,13H,3,6-8H2,(H,23,28)(H,26,27)(H,30,31)(H4,21,22,24,25,29);;/q;+1;-1/t13-;;/m0../s1. The molecule has 7 N–H and O–H groups in total. The van der Waals surface area contributed by atoms with Crippen molar-refractivity contribution in [3.05, 3.63) is 57.5 Å². The molecule has 2 aromatic heterocycles. The van der Waals surface area contributed by atoms with Gasteiger partial charge >= 0.3 is 30.8 Å². The molecule has 0 radical (unpaired) electrons. The molecule has 0 aliphatic rings. The topological polar surface area (TPSA) is 191 Å². The van der Waals surface area contributed by atoms with Crippen molar-refractivity contribution >= 4 is 34.8 Å². The quantitative estimate of drug-likeness (QED) is 0.204. The summed E-state index contributed by atoms with van der Waals surface area (Å²) in [6.45, 7) is 0. The first-order valence-electron chi connectivity index (χ1n) is 9.44. The number of carbonyl (C=O) groups is 3. The summed E-state index contributed by atoms with van der Waals surface area (Å²) in [7, 11) is 0. The van der Waals surface area contributed by atoms with E-state index < -0.39 is 23.9 Å². The number of fused-ring (bicyclic) bond motifs is 1. The zero-order chi connectivity index (χ0) is 22.5. The molecule has 0 saturated heterocycles. The number of aryl methyl sites for hydroxylation is 2. The number of carboxylic acid groups (broad SMARTS) is 2. The van der Waals surface area contributed by atoms with Crippen LogP contribution in [0.3, 0.4) is 0 Å². The second-order valence-corrected chi connectivity index (χ2v) is 6.98. The fourth-order valence-corrected chi connectivity index (χ4v) is 3.19. The SMILES string of the molecule is Nc1nc2[nH]cc(CCc3ccc(C(=O)N[C@@H](CCC(=O)O)C(=O)O)cc3)c2c(=O)[nH]1.[H-].[Li+]. The number of benzene rings is 1. The zero-order valence-electron chi connectivity index (χ0n) is 18.3. The van der Waals surface area contributed by atoms with E-state index in [9.17, 15) is 19.2 Å². The van der Waals surface area contributed by atoms with Gasteiger partial charge in [0.2, 0.25) is 5.95 Å². The molecule has 3 aromatic rings. The van der Waals surface area contributed by atoms with Gasteiger partial charge in [-0.2, -0.15) is 4.98 Å². The van der Waals surface area contributed by atoms with E-state index in [4.69, 9.17) is 15.9 Å². The molecule has 0 aliphatic heterocycles. The number of carbonyl (C=O) groups excluding carboxylic acids is 1. The summed E-state index contributed by atoms with van der Waals surface area (Å²) in [5.74, 6) is -3.00. The number of nitrogens with one attached hydrogen (secondary N) is 3. The maximum atomic E-state index is 12.3. The fourth-order valence-electron chi connectivity index (χ4n) is 3.19. The molecule has 1 atom stereocenters. The number of aromatic nitrogens is 3. The van der Waals surface area contributed by atoms with Crippen molar-refractivity contribution in [3.63, 3.8) is 0 Å². The third-order valence-corrected chi connectivity index (χ3v) is 4.79. The summed E-state index contributed by atoms with van der Waals surface area (Å²) in [5.41, 5.74) is 7.59. The monoisotopic (exact) mass is 435 g/mol. The third kappa shape index (κ3) is 6.00. The summed E-state index contributed by atoms with van der Waals surface area (Å²) < 4.78 is 0. The third-order valence-electron chi connectivity index (χ3n) is 4.79. The molecule has 0 spiro atoms. The molecule has 0 saturated carbocycles. The Morgan fingerprint density at radius 2 is 1.84 bits per heavy atom. The van der Waals surface area contributed by atoms with Gasteiger partial charge in [-0.05, 0) is 42.5 Å². The molecule has 0 bridgehead atoms. The first-order chi connectivity index (χ1) is 14.7. The van der Waals surface area contributed by atoms with Crippen LogP contribution in [0.5, 0.6) is 0 Å².